The molecule has 2 aromatic heterocycles. The lowest BCUT2D eigenvalue weighted by molar-refractivity contribution is 1.08. The Bertz CT molecular complexity index is 709. The van der Waals surface area contributed by atoms with Gasteiger partial charge < -0.3 is 5.73 Å². The van der Waals surface area contributed by atoms with E-state index in [4.69, 9.17) is 5.73 Å². The third-order valence-electron chi connectivity index (χ3n) is 3.15. The number of imidazole rings is 1. The van der Waals surface area contributed by atoms with Crippen molar-refractivity contribution in [2.45, 2.75) is 20.4 Å². The standard InChI is InChI=1S/C14H15N3S/c1-9-3-4-11(10(2)7-9)13-12(8-15)18-14-16-5-6-17(13)14/h3-7H,8,15H2,1-2H3. The molecule has 1 aromatic carbocycles. The van der Waals surface area contributed by atoms with Gasteiger partial charge in [-0.2, -0.15) is 0 Å². The second-order valence-corrected chi connectivity index (χ2v) is 5.54. The molecule has 3 rings (SSSR count). The van der Waals surface area contributed by atoms with Crippen LogP contribution in [0.4, 0.5) is 0 Å². The summed E-state index contributed by atoms with van der Waals surface area (Å²) in [5.74, 6) is 0. The molecular weight excluding hydrogens is 242 g/mol. The van der Waals surface area contributed by atoms with Crippen LogP contribution in [-0.2, 0) is 6.54 Å². The summed E-state index contributed by atoms with van der Waals surface area (Å²) in [5.41, 5.74) is 10.8. The largest absolute Gasteiger partial charge is 0.326 e. The molecule has 3 aromatic rings. The molecule has 0 saturated heterocycles. The Balaban J connectivity index is 2.32. The van der Waals surface area contributed by atoms with Crippen molar-refractivity contribution in [2.75, 3.05) is 0 Å². The van der Waals surface area contributed by atoms with Gasteiger partial charge in [-0.05, 0) is 19.4 Å². The normalized spacial score (nSPS) is 11.3. The predicted molar refractivity (Wildman–Crippen MR) is 75.9 cm³/mol. The second-order valence-electron chi connectivity index (χ2n) is 4.48. The van der Waals surface area contributed by atoms with E-state index < -0.39 is 0 Å². The molecule has 0 aliphatic carbocycles. The van der Waals surface area contributed by atoms with Gasteiger partial charge in [-0.25, -0.2) is 4.98 Å². The number of hydrogen-bond acceptors (Lipinski definition) is 3. The number of thiazole rings is 1. The Kier molecular flexibility index (Phi) is 2.69. The molecular formula is C14H15N3S. The molecule has 2 N–H and O–H groups in total. The summed E-state index contributed by atoms with van der Waals surface area (Å²) in [6.45, 7) is 4.81. The molecule has 18 heavy (non-hydrogen) atoms. The van der Waals surface area contributed by atoms with Crippen molar-refractivity contribution < 1.29 is 0 Å². The highest BCUT2D eigenvalue weighted by molar-refractivity contribution is 7.17. The lowest BCUT2D eigenvalue weighted by Crippen LogP contribution is -1.98. The highest BCUT2D eigenvalue weighted by Gasteiger charge is 2.15. The Morgan fingerprint density at radius 2 is 2.17 bits per heavy atom. The van der Waals surface area contributed by atoms with E-state index in [0.717, 1.165) is 4.96 Å². The van der Waals surface area contributed by atoms with Crippen LogP contribution in [0.1, 0.15) is 16.0 Å². The molecule has 0 unspecified atom stereocenters. The first-order valence-electron chi connectivity index (χ1n) is 5.93. The molecule has 0 fully saturated rings. The monoisotopic (exact) mass is 257 g/mol. The van der Waals surface area contributed by atoms with Crippen LogP contribution in [0.15, 0.2) is 30.6 Å². The van der Waals surface area contributed by atoms with Crippen molar-refractivity contribution in [3.05, 3.63) is 46.6 Å². The van der Waals surface area contributed by atoms with E-state index in [0.29, 0.717) is 6.54 Å². The van der Waals surface area contributed by atoms with Gasteiger partial charge in [-0.15, -0.1) is 0 Å². The molecule has 0 aliphatic rings. The Morgan fingerprint density at radius 3 is 2.89 bits per heavy atom. The van der Waals surface area contributed by atoms with Crippen molar-refractivity contribution >= 4 is 16.3 Å². The first-order valence-corrected chi connectivity index (χ1v) is 6.75. The molecule has 0 atom stereocenters. The van der Waals surface area contributed by atoms with Gasteiger partial charge in [0.25, 0.3) is 0 Å². The van der Waals surface area contributed by atoms with Crippen molar-refractivity contribution in [3.63, 3.8) is 0 Å². The van der Waals surface area contributed by atoms with E-state index in [-0.39, 0.29) is 0 Å². The van der Waals surface area contributed by atoms with Gasteiger partial charge in [-0.3, -0.25) is 4.40 Å². The van der Waals surface area contributed by atoms with E-state index >= 15 is 0 Å². The number of hydrogen-bond donors (Lipinski definition) is 1. The molecule has 0 saturated carbocycles. The van der Waals surface area contributed by atoms with Crippen LogP contribution in [0.25, 0.3) is 16.2 Å². The fraction of sp³-hybridized carbons (Fsp3) is 0.214. The van der Waals surface area contributed by atoms with Crippen LogP contribution in [0.5, 0.6) is 0 Å². The summed E-state index contributed by atoms with van der Waals surface area (Å²) in [6, 6.07) is 6.52. The summed E-state index contributed by atoms with van der Waals surface area (Å²) >= 11 is 1.67. The molecule has 0 spiro atoms. The molecule has 0 bridgehead atoms. The predicted octanol–water partition coefficient (Wildman–Crippen LogP) is 3.14. The molecule has 92 valence electrons. The molecule has 0 amide bonds. The topological polar surface area (TPSA) is 43.3 Å². The van der Waals surface area contributed by atoms with Gasteiger partial charge in [0.05, 0.1) is 5.69 Å². The zero-order chi connectivity index (χ0) is 12.7. The van der Waals surface area contributed by atoms with Crippen LogP contribution in [-0.4, -0.2) is 9.38 Å². The van der Waals surface area contributed by atoms with Gasteiger partial charge in [0, 0.05) is 29.4 Å². The van der Waals surface area contributed by atoms with E-state index in [2.05, 4.69) is 41.4 Å². The summed E-state index contributed by atoms with van der Waals surface area (Å²) < 4.78 is 2.13. The van der Waals surface area contributed by atoms with Gasteiger partial charge in [0.15, 0.2) is 4.96 Å². The highest BCUT2D eigenvalue weighted by Crippen LogP contribution is 2.33. The summed E-state index contributed by atoms with van der Waals surface area (Å²) in [4.78, 5) is 6.54. The second kappa shape index (κ2) is 4.23. The average molecular weight is 257 g/mol. The third-order valence-corrected chi connectivity index (χ3v) is 4.24. The van der Waals surface area contributed by atoms with E-state index in [1.165, 1.54) is 27.3 Å². The lowest BCUT2D eigenvalue weighted by atomic mass is 10.0. The fourth-order valence-corrected chi connectivity index (χ4v) is 3.30. The maximum absolute atomic E-state index is 5.86. The van der Waals surface area contributed by atoms with Crippen molar-refractivity contribution in [1.29, 1.82) is 0 Å². The molecule has 0 aliphatic heterocycles. The van der Waals surface area contributed by atoms with Crippen LogP contribution in [0.3, 0.4) is 0 Å². The molecule has 2 heterocycles. The SMILES string of the molecule is Cc1ccc(-c2c(CN)sc3nccn23)c(C)c1. The third kappa shape index (κ3) is 1.65. The fourth-order valence-electron chi connectivity index (χ4n) is 2.33. The number of aromatic nitrogens is 2. The van der Waals surface area contributed by atoms with Crippen LogP contribution < -0.4 is 5.73 Å². The first-order chi connectivity index (χ1) is 8.70. The zero-order valence-electron chi connectivity index (χ0n) is 10.5. The van der Waals surface area contributed by atoms with Gasteiger partial charge in [0.1, 0.15) is 0 Å². The Labute approximate surface area is 110 Å². The summed E-state index contributed by atoms with van der Waals surface area (Å²) in [7, 11) is 0. The average Bonchev–Trinajstić information content (AvgIpc) is 2.89. The molecule has 4 heteroatoms. The number of fused-ring (bicyclic) bond motifs is 1. The minimum absolute atomic E-state index is 0.552. The molecule has 3 nitrogen and oxygen atoms in total. The van der Waals surface area contributed by atoms with E-state index in [9.17, 15) is 0 Å². The minimum Gasteiger partial charge on any atom is -0.326 e. The maximum Gasteiger partial charge on any atom is 0.194 e. The van der Waals surface area contributed by atoms with Gasteiger partial charge in [0.2, 0.25) is 0 Å². The number of nitrogens with zero attached hydrogens (tertiary/aromatic N) is 2. The summed E-state index contributed by atoms with van der Waals surface area (Å²) in [5, 5.41) is 0. The summed E-state index contributed by atoms with van der Waals surface area (Å²) in [6.07, 6.45) is 3.83. The quantitative estimate of drug-likeness (QED) is 0.766. The molecule has 0 radical (unpaired) electrons. The number of aryl methyl sites for hydroxylation is 2. The van der Waals surface area contributed by atoms with Crippen molar-refractivity contribution in [3.8, 4) is 11.3 Å². The number of nitrogens with two attached hydrogens (primary N) is 1. The van der Waals surface area contributed by atoms with Gasteiger partial charge in [-0.1, -0.05) is 35.1 Å². The van der Waals surface area contributed by atoms with Crippen molar-refractivity contribution in [1.82, 2.24) is 9.38 Å². The number of benzene rings is 1. The number of rotatable bonds is 2. The Morgan fingerprint density at radius 1 is 1.33 bits per heavy atom. The van der Waals surface area contributed by atoms with Gasteiger partial charge >= 0.3 is 0 Å². The van der Waals surface area contributed by atoms with E-state index in [1.807, 2.05) is 12.4 Å². The van der Waals surface area contributed by atoms with Crippen molar-refractivity contribution in [2.24, 2.45) is 5.73 Å². The minimum atomic E-state index is 0.552. The Hall–Kier alpha value is -1.65. The van der Waals surface area contributed by atoms with Crippen LogP contribution >= 0.6 is 11.3 Å². The maximum atomic E-state index is 5.86. The zero-order valence-corrected chi connectivity index (χ0v) is 11.3. The highest BCUT2D eigenvalue weighted by atomic mass is 32.1. The first kappa shape index (κ1) is 11.4. The van der Waals surface area contributed by atoms with E-state index in [1.54, 1.807) is 11.3 Å². The smallest absolute Gasteiger partial charge is 0.194 e. The lowest BCUT2D eigenvalue weighted by Gasteiger charge is -2.08. The van der Waals surface area contributed by atoms with Crippen LogP contribution in [0.2, 0.25) is 0 Å². The van der Waals surface area contributed by atoms with Crippen LogP contribution in [0, 0.1) is 13.8 Å².